The van der Waals surface area contributed by atoms with E-state index in [0.29, 0.717) is 11.2 Å². The first-order valence-corrected chi connectivity index (χ1v) is 9.54. The van der Waals surface area contributed by atoms with Gasteiger partial charge in [-0.1, -0.05) is 72.4 Å². The van der Waals surface area contributed by atoms with E-state index >= 15 is 0 Å². The molecule has 2 aromatic carbocycles. The number of hydrogen-bond donors (Lipinski definition) is 0. The van der Waals surface area contributed by atoms with Gasteiger partial charge in [0.1, 0.15) is 22.6 Å². The second-order valence-corrected chi connectivity index (χ2v) is 7.36. The van der Waals surface area contributed by atoms with Gasteiger partial charge in [-0.05, 0) is 11.1 Å². The van der Waals surface area contributed by atoms with Crippen LogP contribution in [-0.2, 0) is 0 Å². The van der Waals surface area contributed by atoms with Crippen molar-refractivity contribution in [2.75, 3.05) is 0 Å². The van der Waals surface area contributed by atoms with Gasteiger partial charge in [0, 0.05) is 0 Å². The van der Waals surface area contributed by atoms with Gasteiger partial charge in [0.15, 0.2) is 5.65 Å². The van der Waals surface area contributed by atoms with Gasteiger partial charge in [0.25, 0.3) is 0 Å². The molecule has 0 fully saturated rings. The number of aromatic nitrogens is 4. The highest BCUT2D eigenvalue weighted by molar-refractivity contribution is 8.14. The standard InChI is InChI=1S/C21H15N5S/c1-3-7-14(8-4-1)18-19(15-9-5-2-6-10-15)27-21(26-18)17-12-23-16-11-22-13-24-20(16)25-17/h1-13,18-19H. The Morgan fingerprint density at radius 1 is 0.778 bits per heavy atom. The number of thioether (sulfide) groups is 1. The highest BCUT2D eigenvalue weighted by Crippen LogP contribution is 2.49. The van der Waals surface area contributed by atoms with E-state index in [1.165, 1.54) is 17.5 Å². The Bertz CT molecular complexity index is 1110. The third-order valence-electron chi connectivity index (χ3n) is 4.49. The molecule has 2 atom stereocenters. The molecule has 0 aliphatic carbocycles. The molecule has 27 heavy (non-hydrogen) atoms. The van der Waals surface area contributed by atoms with Crippen molar-refractivity contribution in [3.63, 3.8) is 0 Å². The van der Waals surface area contributed by atoms with Crippen molar-refractivity contribution in [3.8, 4) is 0 Å². The van der Waals surface area contributed by atoms with Crippen LogP contribution in [0.2, 0.25) is 0 Å². The molecule has 0 radical (unpaired) electrons. The summed E-state index contributed by atoms with van der Waals surface area (Å²) >= 11 is 1.73. The van der Waals surface area contributed by atoms with Crippen molar-refractivity contribution in [1.29, 1.82) is 0 Å². The molecule has 5 rings (SSSR count). The van der Waals surface area contributed by atoms with Crippen LogP contribution in [0.25, 0.3) is 11.2 Å². The van der Waals surface area contributed by atoms with Gasteiger partial charge in [-0.15, -0.1) is 0 Å². The van der Waals surface area contributed by atoms with Gasteiger partial charge in [0.2, 0.25) is 0 Å². The molecule has 6 heteroatoms. The highest BCUT2D eigenvalue weighted by atomic mass is 32.2. The van der Waals surface area contributed by atoms with E-state index in [9.17, 15) is 0 Å². The number of nitrogens with zero attached hydrogens (tertiary/aromatic N) is 5. The van der Waals surface area contributed by atoms with Crippen molar-refractivity contribution < 1.29 is 0 Å². The third-order valence-corrected chi connectivity index (χ3v) is 5.82. The van der Waals surface area contributed by atoms with Crippen LogP contribution in [0.4, 0.5) is 0 Å². The van der Waals surface area contributed by atoms with E-state index < -0.39 is 0 Å². The second-order valence-electron chi connectivity index (χ2n) is 6.23. The van der Waals surface area contributed by atoms with E-state index in [4.69, 9.17) is 4.99 Å². The Morgan fingerprint density at radius 3 is 2.30 bits per heavy atom. The number of hydrogen-bond acceptors (Lipinski definition) is 6. The highest BCUT2D eigenvalue weighted by Gasteiger charge is 2.33. The fourth-order valence-corrected chi connectivity index (χ4v) is 4.47. The van der Waals surface area contributed by atoms with Crippen LogP contribution < -0.4 is 0 Å². The van der Waals surface area contributed by atoms with Crippen LogP contribution in [0.15, 0.2) is 84.4 Å². The van der Waals surface area contributed by atoms with E-state index in [0.717, 1.165) is 10.7 Å². The summed E-state index contributed by atoms with van der Waals surface area (Å²) in [5.74, 6) is 0. The zero-order valence-corrected chi connectivity index (χ0v) is 15.1. The maximum Gasteiger partial charge on any atom is 0.181 e. The van der Waals surface area contributed by atoms with E-state index in [2.05, 4.69) is 68.5 Å². The maximum atomic E-state index is 5.03. The lowest BCUT2D eigenvalue weighted by Gasteiger charge is -2.17. The topological polar surface area (TPSA) is 63.9 Å². The predicted octanol–water partition coefficient (Wildman–Crippen LogP) is 4.40. The molecule has 2 aromatic heterocycles. The summed E-state index contributed by atoms with van der Waals surface area (Å²) in [5, 5.41) is 1.09. The minimum absolute atomic E-state index is 0.0384. The van der Waals surface area contributed by atoms with Crippen molar-refractivity contribution in [2.24, 2.45) is 4.99 Å². The quantitative estimate of drug-likeness (QED) is 0.536. The van der Waals surface area contributed by atoms with E-state index in [1.807, 2.05) is 12.1 Å². The minimum atomic E-state index is 0.0384. The summed E-state index contributed by atoms with van der Waals surface area (Å²) in [7, 11) is 0. The molecule has 0 saturated heterocycles. The molecule has 3 heterocycles. The van der Waals surface area contributed by atoms with Gasteiger partial charge in [-0.3, -0.25) is 4.99 Å². The van der Waals surface area contributed by atoms with Gasteiger partial charge in [0.05, 0.1) is 23.7 Å². The monoisotopic (exact) mass is 369 g/mol. The summed E-state index contributed by atoms with van der Waals surface area (Å²) in [6.07, 6.45) is 4.92. The smallest absolute Gasteiger partial charge is 0.181 e. The van der Waals surface area contributed by atoms with Crippen LogP contribution in [-0.4, -0.2) is 25.0 Å². The molecular weight excluding hydrogens is 354 g/mol. The first-order chi connectivity index (χ1) is 13.4. The Hall–Kier alpha value is -3.12. The zero-order chi connectivity index (χ0) is 18.1. The fraction of sp³-hybridized carbons (Fsp3) is 0.0952. The van der Waals surface area contributed by atoms with Crippen LogP contribution >= 0.6 is 11.8 Å². The van der Waals surface area contributed by atoms with E-state index in [-0.39, 0.29) is 11.3 Å². The summed E-state index contributed by atoms with van der Waals surface area (Å²) in [5.41, 5.74) is 4.48. The van der Waals surface area contributed by atoms with Gasteiger partial charge in [-0.25, -0.2) is 19.9 Å². The van der Waals surface area contributed by atoms with Crippen LogP contribution in [0, 0.1) is 0 Å². The van der Waals surface area contributed by atoms with Crippen LogP contribution in [0.3, 0.4) is 0 Å². The zero-order valence-electron chi connectivity index (χ0n) is 14.3. The van der Waals surface area contributed by atoms with Crippen molar-refractivity contribution in [3.05, 3.63) is 96.2 Å². The summed E-state index contributed by atoms with van der Waals surface area (Å²) in [4.78, 5) is 22.3. The minimum Gasteiger partial charge on any atom is -0.266 e. The molecule has 0 amide bonds. The lowest BCUT2D eigenvalue weighted by molar-refractivity contribution is 0.724. The average Bonchev–Trinajstić information content (AvgIpc) is 3.20. The molecule has 4 aromatic rings. The predicted molar refractivity (Wildman–Crippen MR) is 108 cm³/mol. The van der Waals surface area contributed by atoms with Gasteiger partial charge < -0.3 is 0 Å². The SMILES string of the molecule is c1ccc(C2N=C(c3cnc4cncnc4n3)SC2c2ccccc2)cc1. The fourth-order valence-electron chi connectivity index (χ4n) is 3.20. The molecule has 5 nitrogen and oxygen atoms in total. The Balaban J connectivity index is 1.58. The Kier molecular flexibility index (Phi) is 4.10. The normalized spacial score (nSPS) is 19.2. The molecule has 1 aliphatic rings. The third kappa shape index (κ3) is 3.08. The molecule has 0 spiro atoms. The summed E-state index contributed by atoms with van der Waals surface area (Å²) in [6, 6.07) is 20.9. The van der Waals surface area contributed by atoms with Gasteiger partial charge in [-0.2, -0.15) is 0 Å². The van der Waals surface area contributed by atoms with E-state index in [1.54, 1.807) is 24.2 Å². The Morgan fingerprint density at radius 2 is 1.52 bits per heavy atom. The van der Waals surface area contributed by atoms with Crippen molar-refractivity contribution in [1.82, 2.24) is 19.9 Å². The number of aliphatic imine (C=N–C) groups is 1. The molecular formula is C21H15N5S. The Labute approximate surface area is 160 Å². The largest absolute Gasteiger partial charge is 0.266 e. The number of rotatable bonds is 3. The van der Waals surface area contributed by atoms with Crippen LogP contribution in [0.1, 0.15) is 28.1 Å². The first-order valence-electron chi connectivity index (χ1n) is 8.66. The lowest BCUT2D eigenvalue weighted by atomic mass is 9.99. The number of fused-ring (bicyclic) bond motifs is 1. The molecule has 130 valence electrons. The van der Waals surface area contributed by atoms with Crippen molar-refractivity contribution in [2.45, 2.75) is 11.3 Å². The first kappa shape index (κ1) is 16.1. The summed E-state index contributed by atoms with van der Waals surface area (Å²) in [6.45, 7) is 0. The maximum absolute atomic E-state index is 5.03. The molecule has 0 saturated carbocycles. The second kappa shape index (κ2) is 6.89. The summed E-state index contributed by atoms with van der Waals surface area (Å²) < 4.78 is 0. The lowest BCUT2D eigenvalue weighted by Crippen LogP contribution is -2.02. The molecule has 1 aliphatic heterocycles. The van der Waals surface area contributed by atoms with Gasteiger partial charge >= 0.3 is 0 Å². The molecule has 0 bridgehead atoms. The average molecular weight is 369 g/mol. The number of benzene rings is 2. The van der Waals surface area contributed by atoms with Crippen molar-refractivity contribution >= 4 is 28.0 Å². The van der Waals surface area contributed by atoms with Crippen LogP contribution in [0.5, 0.6) is 0 Å². The molecule has 0 N–H and O–H groups in total. The molecule has 2 unspecified atom stereocenters.